The molecule has 2 aromatic rings. The summed E-state index contributed by atoms with van der Waals surface area (Å²) in [5.41, 5.74) is 0.462. The van der Waals surface area contributed by atoms with Crippen molar-refractivity contribution in [1.29, 1.82) is 0 Å². The van der Waals surface area contributed by atoms with Gasteiger partial charge in [-0.05, 0) is 32.4 Å². The molecule has 2 rings (SSSR count). The molecule has 1 heterocycles. The summed E-state index contributed by atoms with van der Waals surface area (Å²) in [6, 6.07) is 2.26. The average Bonchev–Trinajstić information content (AvgIpc) is 2.95. The molecule has 25 heavy (non-hydrogen) atoms. The highest BCUT2D eigenvalue weighted by atomic mass is 35.5. The molecule has 0 bridgehead atoms. The molecular weight excluding hydrogens is 392 g/mol. The van der Waals surface area contributed by atoms with Crippen LogP contribution in [0.5, 0.6) is 0 Å². The van der Waals surface area contributed by atoms with Gasteiger partial charge in [0.1, 0.15) is 4.90 Å². The Morgan fingerprint density at radius 3 is 2.44 bits per heavy atom. The second kappa shape index (κ2) is 7.31. The van der Waals surface area contributed by atoms with E-state index in [4.69, 9.17) is 23.2 Å². The van der Waals surface area contributed by atoms with Crippen LogP contribution < -0.4 is 0 Å². The fourth-order valence-electron chi connectivity index (χ4n) is 2.23. The third-order valence-electron chi connectivity index (χ3n) is 3.63. The van der Waals surface area contributed by atoms with Gasteiger partial charge >= 0.3 is 6.03 Å². The molecule has 0 saturated heterocycles. The first-order chi connectivity index (χ1) is 11.6. The second-order valence-corrected chi connectivity index (χ2v) is 7.78. The maximum Gasteiger partial charge on any atom is 0.344 e. The summed E-state index contributed by atoms with van der Waals surface area (Å²) in [6.45, 7) is 5.82. The SMILES string of the molecule is CCN(CC)C(=O)n1cc(F)c(S(=O)(=O)c2c(Cl)ccc(C)c2Cl)n1. The number of sulfone groups is 1. The lowest BCUT2D eigenvalue weighted by Gasteiger charge is -2.17. The van der Waals surface area contributed by atoms with Gasteiger partial charge in [0.25, 0.3) is 0 Å². The first kappa shape index (κ1) is 19.7. The number of hydrogen-bond donors (Lipinski definition) is 0. The molecule has 0 unspecified atom stereocenters. The van der Waals surface area contributed by atoms with Crippen LogP contribution in [-0.2, 0) is 9.84 Å². The topological polar surface area (TPSA) is 72.3 Å². The zero-order chi connectivity index (χ0) is 18.9. The Bertz CT molecular complexity index is 924. The number of nitrogens with zero attached hydrogens (tertiary/aromatic N) is 3. The normalized spacial score (nSPS) is 11.6. The fraction of sp³-hybridized carbons (Fsp3) is 0.333. The van der Waals surface area contributed by atoms with Crippen LogP contribution in [0.25, 0.3) is 0 Å². The van der Waals surface area contributed by atoms with Crippen molar-refractivity contribution in [2.45, 2.75) is 30.7 Å². The predicted octanol–water partition coefficient (Wildman–Crippen LogP) is 3.78. The molecule has 0 spiro atoms. The Labute approximate surface area is 155 Å². The van der Waals surface area contributed by atoms with Crippen molar-refractivity contribution in [2.75, 3.05) is 13.1 Å². The Morgan fingerprint density at radius 1 is 1.28 bits per heavy atom. The van der Waals surface area contributed by atoms with Gasteiger partial charge in [0.15, 0.2) is 5.82 Å². The van der Waals surface area contributed by atoms with Gasteiger partial charge in [-0.2, -0.15) is 4.68 Å². The summed E-state index contributed by atoms with van der Waals surface area (Å²) in [7, 11) is -4.45. The molecule has 10 heteroatoms. The van der Waals surface area contributed by atoms with Crippen molar-refractivity contribution in [3.63, 3.8) is 0 Å². The van der Waals surface area contributed by atoms with E-state index in [-0.39, 0.29) is 10.0 Å². The van der Waals surface area contributed by atoms with E-state index in [0.29, 0.717) is 23.3 Å². The van der Waals surface area contributed by atoms with Gasteiger partial charge in [0, 0.05) is 13.1 Å². The Kier molecular flexibility index (Phi) is 5.75. The third-order valence-corrected chi connectivity index (χ3v) is 6.41. The minimum absolute atomic E-state index is 0.114. The van der Waals surface area contributed by atoms with Crippen LogP contribution in [0.4, 0.5) is 9.18 Å². The van der Waals surface area contributed by atoms with Crippen molar-refractivity contribution in [3.05, 3.63) is 39.8 Å². The lowest BCUT2D eigenvalue weighted by Crippen LogP contribution is -2.34. The maximum absolute atomic E-state index is 14.3. The third kappa shape index (κ3) is 3.51. The minimum Gasteiger partial charge on any atom is -0.323 e. The number of amides is 1. The molecule has 0 fully saturated rings. The van der Waals surface area contributed by atoms with Crippen LogP contribution >= 0.6 is 23.2 Å². The Morgan fingerprint density at radius 2 is 1.88 bits per heavy atom. The monoisotopic (exact) mass is 407 g/mol. The van der Waals surface area contributed by atoms with Crippen LogP contribution in [0.3, 0.4) is 0 Å². The molecule has 0 aliphatic rings. The number of hydrogen-bond acceptors (Lipinski definition) is 4. The van der Waals surface area contributed by atoms with Crippen molar-refractivity contribution < 1.29 is 17.6 Å². The van der Waals surface area contributed by atoms with Crippen LogP contribution in [0.15, 0.2) is 28.3 Å². The summed E-state index contributed by atoms with van der Waals surface area (Å²) in [5.74, 6) is -1.16. The van der Waals surface area contributed by atoms with Crippen molar-refractivity contribution in [1.82, 2.24) is 14.7 Å². The fourth-order valence-corrected chi connectivity index (χ4v) is 4.63. The molecule has 0 radical (unpaired) electrons. The zero-order valence-electron chi connectivity index (χ0n) is 13.8. The summed E-state index contributed by atoms with van der Waals surface area (Å²) >= 11 is 12.0. The summed E-state index contributed by atoms with van der Waals surface area (Å²) < 4.78 is 40.5. The van der Waals surface area contributed by atoms with Gasteiger partial charge in [0.05, 0.1) is 16.2 Å². The van der Waals surface area contributed by atoms with E-state index in [9.17, 15) is 17.6 Å². The quantitative estimate of drug-likeness (QED) is 0.772. The molecule has 0 N–H and O–H groups in total. The standard InChI is InChI=1S/C15H16Cl2FN3O3S/c1-4-20(5-2)15(22)21-8-11(18)14(19-21)25(23,24)13-10(16)7-6-9(3)12(13)17/h6-8H,4-5H2,1-3H3. The number of benzene rings is 1. The maximum atomic E-state index is 14.3. The number of halogens is 3. The van der Waals surface area contributed by atoms with Crippen molar-refractivity contribution in [2.24, 2.45) is 0 Å². The highest BCUT2D eigenvalue weighted by molar-refractivity contribution is 7.91. The highest BCUT2D eigenvalue weighted by Crippen LogP contribution is 2.35. The van der Waals surface area contributed by atoms with Crippen molar-refractivity contribution >= 4 is 39.1 Å². The molecule has 1 amide bonds. The second-order valence-electron chi connectivity index (χ2n) is 5.19. The van der Waals surface area contributed by atoms with Crippen LogP contribution in [0, 0.1) is 12.7 Å². The lowest BCUT2D eigenvalue weighted by molar-refractivity contribution is 0.201. The van der Waals surface area contributed by atoms with Gasteiger partial charge in [-0.3, -0.25) is 0 Å². The summed E-state index contributed by atoms with van der Waals surface area (Å²) in [4.78, 5) is 13.2. The van der Waals surface area contributed by atoms with E-state index in [2.05, 4.69) is 5.10 Å². The number of aryl methyl sites for hydroxylation is 1. The molecule has 6 nitrogen and oxygen atoms in total. The van der Waals surface area contributed by atoms with Gasteiger partial charge in [-0.1, -0.05) is 29.3 Å². The van der Waals surface area contributed by atoms with Crippen molar-refractivity contribution in [3.8, 4) is 0 Å². The largest absolute Gasteiger partial charge is 0.344 e. The molecule has 0 aliphatic heterocycles. The molecular formula is C15H16Cl2FN3O3S. The molecule has 0 atom stereocenters. The van der Waals surface area contributed by atoms with Crippen LogP contribution in [0.1, 0.15) is 19.4 Å². The van der Waals surface area contributed by atoms with Gasteiger partial charge < -0.3 is 4.90 Å². The van der Waals surface area contributed by atoms with Gasteiger partial charge in [-0.25, -0.2) is 17.6 Å². The van der Waals surface area contributed by atoms with Gasteiger partial charge in [-0.15, -0.1) is 5.10 Å². The van der Waals surface area contributed by atoms with Gasteiger partial charge in [0.2, 0.25) is 14.9 Å². The molecule has 0 aliphatic carbocycles. The molecule has 136 valence electrons. The smallest absolute Gasteiger partial charge is 0.323 e. The van der Waals surface area contributed by atoms with E-state index >= 15 is 0 Å². The van der Waals surface area contributed by atoms with Crippen LogP contribution in [-0.4, -0.2) is 42.2 Å². The molecule has 0 saturated carbocycles. The van der Waals surface area contributed by atoms with E-state index in [1.807, 2.05) is 0 Å². The molecule has 1 aromatic heterocycles. The Hall–Kier alpha value is -1.64. The van der Waals surface area contributed by atoms with E-state index < -0.39 is 31.6 Å². The molecule has 1 aromatic carbocycles. The first-order valence-corrected chi connectivity index (χ1v) is 9.63. The number of rotatable bonds is 4. The summed E-state index contributed by atoms with van der Waals surface area (Å²) in [6.07, 6.45) is 0.727. The summed E-state index contributed by atoms with van der Waals surface area (Å²) in [5, 5.41) is 2.46. The zero-order valence-corrected chi connectivity index (χ0v) is 16.1. The predicted molar refractivity (Wildman–Crippen MR) is 92.6 cm³/mol. The highest BCUT2D eigenvalue weighted by Gasteiger charge is 2.32. The lowest BCUT2D eigenvalue weighted by atomic mass is 10.2. The minimum atomic E-state index is -4.45. The number of carbonyl (C=O) groups is 1. The van der Waals surface area contributed by atoms with E-state index in [1.54, 1.807) is 26.8 Å². The number of carbonyl (C=O) groups excluding carboxylic acids is 1. The van der Waals surface area contributed by atoms with Crippen LogP contribution in [0.2, 0.25) is 10.0 Å². The number of aromatic nitrogens is 2. The van der Waals surface area contributed by atoms with E-state index in [1.165, 1.54) is 11.0 Å². The first-order valence-electron chi connectivity index (χ1n) is 7.39. The average molecular weight is 408 g/mol. The Balaban J connectivity index is 2.60. The van der Waals surface area contributed by atoms with E-state index in [0.717, 1.165) is 6.20 Å².